The van der Waals surface area contributed by atoms with Gasteiger partial charge in [-0.15, -0.1) is 0 Å². The Balaban J connectivity index is 6.31. The maximum atomic E-state index is 13.6. The van der Waals surface area contributed by atoms with E-state index in [9.17, 15) is 34.5 Å². The van der Waals surface area contributed by atoms with Gasteiger partial charge in [-0.25, -0.2) is 9.59 Å². The lowest BCUT2D eigenvalue weighted by Crippen LogP contribution is -2.55. The smallest absolute Gasteiger partial charge is 0.348 e. The van der Waals surface area contributed by atoms with Crippen LogP contribution in [0.4, 0.5) is 0 Å². The van der Waals surface area contributed by atoms with Crippen molar-refractivity contribution in [3.8, 4) is 0 Å². The van der Waals surface area contributed by atoms with Gasteiger partial charge in [0.25, 0.3) is 0 Å². The molecule has 0 saturated heterocycles. The van der Waals surface area contributed by atoms with E-state index in [0.29, 0.717) is 19.3 Å². The summed E-state index contributed by atoms with van der Waals surface area (Å²) in [6.45, 7) is 10.4. The zero-order valence-corrected chi connectivity index (χ0v) is 24.6. The highest BCUT2D eigenvalue weighted by molar-refractivity contribution is 5.93. The average Bonchev–Trinajstić information content (AvgIpc) is 2.79. The molecule has 0 spiro atoms. The van der Waals surface area contributed by atoms with Gasteiger partial charge in [-0.1, -0.05) is 20.8 Å². The molecule has 7 atom stereocenters. The topological polar surface area (TPSA) is 165 Å². The quantitative estimate of drug-likeness (QED) is 0.150. The minimum Gasteiger partial charge on any atom is -0.478 e. The summed E-state index contributed by atoms with van der Waals surface area (Å²) < 4.78 is 5.61. The molecule has 38 heavy (non-hydrogen) atoms. The van der Waals surface area contributed by atoms with Gasteiger partial charge < -0.3 is 35.6 Å². The Bertz CT molecular complexity index is 773. The van der Waals surface area contributed by atoms with Gasteiger partial charge in [0.15, 0.2) is 5.78 Å². The number of aliphatic hydroxyl groups is 2. The zero-order chi connectivity index (χ0) is 29.8. The first-order valence-electron chi connectivity index (χ1n) is 13.5. The minimum atomic E-state index is -2.30. The van der Waals surface area contributed by atoms with E-state index in [1.165, 1.54) is 18.9 Å². The summed E-state index contributed by atoms with van der Waals surface area (Å²) in [6, 6.07) is -2.40. The van der Waals surface area contributed by atoms with Gasteiger partial charge >= 0.3 is 11.9 Å². The molecular weight excluding hydrogens is 494 g/mol. The van der Waals surface area contributed by atoms with E-state index >= 15 is 0 Å². The standard InChI is InChI=1S/C27H51N3O8/c1-16(2)12-21(29-8)24(34)30(9)22(11-10-17(3)13-18(4)31)25(35)38-27(26(36)37,14-19(5)32)15-23(33)20(6)28-7/h16-22,28-29,31-32H,10-15H2,1-9H3,(H,36,37)/t17?,18?,19?,20-,21-,22-,27?/m0/s1. The molecule has 11 nitrogen and oxygen atoms in total. The van der Waals surface area contributed by atoms with Crippen LogP contribution in [0.2, 0.25) is 0 Å². The Kier molecular flexibility index (Phi) is 15.9. The predicted octanol–water partition coefficient (Wildman–Crippen LogP) is 1.34. The van der Waals surface area contributed by atoms with Crippen molar-refractivity contribution >= 4 is 23.6 Å². The summed E-state index contributed by atoms with van der Waals surface area (Å²) >= 11 is 0. The van der Waals surface area contributed by atoms with Crippen molar-refractivity contribution in [2.24, 2.45) is 11.8 Å². The number of ether oxygens (including phenoxy) is 1. The number of aliphatic carboxylic acids is 1. The van der Waals surface area contributed by atoms with Crippen LogP contribution >= 0.6 is 0 Å². The van der Waals surface area contributed by atoms with Gasteiger partial charge in [0, 0.05) is 13.5 Å². The molecule has 0 aromatic rings. The molecule has 0 fully saturated rings. The second-order valence-corrected chi connectivity index (χ2v) is 11.1. The summed E-state index contributed by atoms with van der Waals surface area (Å²) in [5.41, 5.74) is -2.30. The van der Waals surface area contributed by atoms with Crippen molar-refractivity contribution < 1.29 is 39.2 Å². The number of carbonyl (C=O) groups is 4. The lowest BCUT2D eigenvalue weighted by molar-refractivity contribution is -0.188. The lowest BCUT2D eigenvalue weighted by Gasteiger charge is -2.35. The maximum Gasteiger partial charge on any atom is 0.348 e. The Morgan fingerprint density at radius 1 is 0.895 bits per heavy atom. The average molecular weight is 546 g/mol. The number of esters is 1. The second-order valence-electron chi connectivity index (χ2n) is 11.1. The fourth-order valence-corrected chi connectivity index (χ4v) is 4.51. The van der Waals surface area contributed by atoms with Gasteiger partial charge in [0.05, 0.1) is 30.7 Å². The van der Waals surface area contributed by atoms with Crippen molar-refractivity contribution in [2.75, 3.05) is 21.1 Å². The van der Waals surface area contributed by atoms with E-state index in [1.54, 1.807) is 27.9 Å². The molecule has 0 aliphatic carbocycles. The fraction of sp³-hybridized carbons (Fsp3) is 0.852. The first-order chi connectivity index (χ1) is 17.5. The van der Waals surface area contributed by atoms with Crippen LogP contribution < -0.4 is 10.6 Å². The zero-order valence-electron chi connectivity index (χ0n) is 24.6. The largest absolute Gasteiger partial charge is 0.478 e. The molecule has 0 aliphatic heterocycles. The van der Waals surface area contributed by atoms with E-state index in [4.69, 9.17) is 4.74 Å². The molecule has 4 unspecified atom stereocenters. The second kappa shape index (κ2) is 16.8. The molecule has 0 aromatic heterocycles. The highest BCUT2D eigenvalue weighted by atomic mass is 16.6. The number of nitrogens with zero attached hydrogens (tertiary/aromatic N) is 1. The third-order valence-electron chi connectivity index (χ3n) is 6.80. The first kappa shape index (κ1) is 35.9. The van der Waals surface area contributed by atoms with Gasteiger partial charge in [-0.2, -0.15) is 0 Å². The summed E-state index contributed by atoms with van der Waals surface area (Å²) in [7, 11) is 4.68. The van der Waals surface area contributed by atoms with Crippen LogP contribution in [0.5, 0.6) is 0 Å². The third kappa shape index (κ3) is 11.8. The Morgan fingerprint density at radius 2 is 1.47 bits per heavy atom. The van der Waals surface area contributed by atoms with Crippen LogP contribution in [-0.4, -0.2) is 101 Å². The number of rotatable bonds is 19. The molecule has 0 radical (unpaired) electrons. The SMILES string of the molecule is CN[C@@H](C)C(=O)CC(CC(C)O)(OC(=O)[C@H](CCC(C)CC(C)O)N(C)C(=O)[C@H](CC(C)C)NC)C(=O)O. The molecule has 0 aliphatic rings. The number of aliphatic hydroxyl groups excluding tert-OH is 2. The van der Waals surface area contributed by atoms with Crippen LogP contribution in [0.25, 0.3) is 0 Å². The van der Waals surface area contributed by atoms with Crippen molar-refractivity contribution in [1.29, 1.82) is 0 Å². The molecule has 1 amide bonds. The molecule has 0 saturated carbocycles. The van der Waals surface area contributed by atoms with E-state index in [2.05, 4.69) is 10.6 Å². The number of amides is 1. The van der Waals surface area contributed by atoms with Crippen molar-refractivity contribution in [1.82, 2.24) is 15.5 Å². The monoisotopic (exact) mass is 545 g/mol. The summed E-state index contributed by atoms with van der Waals surface area (Å²) in [5, 5.41) is 35.6. The number of hydrogen-bond acceptors (Lipinski definition) is 9. The van der Waals surface area contributed by atoms with E-state index < -0.39 is 66.5 Å². The molecule has 11 heteroatoms. The van der Waals surface area contributed by atoms with Crippen LogP contribution in [0.1, 0.15) is 80.1 Å². The number of ketones is 1. The first-order valence-corrected chi connectivity index (χ1v) is 13.5. The number of carboxylic acids is 1. The molecule has 222 valence electrons. The molecular formula is C27H51N3O8. The normalized spacial score (nSPS) is 18.0. The van der Waals surface area contributed by atoms with Crippen molar-refractivity contribution in [3.63, 3.8) is 0 Å². The van der Waals surface area contributed by atoms with Gasteiger partial charge in [-0.05, 0) is 72.4 Å². The summed E-state index contributed by atoms with van der Waals surface area (Å²) in [4.78, 5) is 53.4. The van der Waals surface area contributed by atoms with Crippen LogP contribution in [-0.2, 0) is 23.9 Å². The van der Waals surface area contributed by atoms with Crippen LogP contribution in [0.15, 0.2) is 0 Å². The van der Waals surface area contributed by atoms with Crippen molar-refractivity contribution in [2.45, 2.75) is 116 Å². The maximum absolute atomic E-state index is 13.6. The predicted molar refractivity (Wildman–Crippen MR) is 144 cm³/mol. The van der Waals surface area contributed by atoms with Gasteiger partial charge in [0.2, 0.25) is 11.5 Å². The summed E-state index contributed by atoms with van der Waals surface area (Å²) in [6.07, 6.45) is -1.22. The minimum absolute atomic E-state index is 0.0179. The fourth-order valence-electron chi connectivity index (χ4n) is 4.51. The third-order valence-corrected chi connectivity index (χ3v) is 6.80. The van der Waals surface area contributed by atoms with Crippen LogP contribution in [0, 0.1) is 11.8 Å². The lowest BCUT2D eigenvalue weighted by atomic mass is 9.88. The van der Waals surface area contributed by atoms with E-state index in [1.807, 2.05) is 20.8 Å². The number of hydrogen-bond donors (Lipinski definition) is 5. The molecule has 5 N–H and O–H groups in total. The van der Waals surface area contributed by atoms with E-state index in [-0.39, 0.29) is 24.2 Å². The Morgan fingerprint density at radius 3 is 1.89 bits per heavy atom. The van der Waals surface area contributed by atoms with Gasteiger partial charge in [0.1, 0.15) is 6.04 Å². The van der Waals surface area contributed by atoms with Crippen LogP contribution in [0.3, 0.4) is 0 Å². The Hall–Kier alpha value is -2.08. The van der Waals surface area contributed by atoms with Gasteiger partial charge in [-0.3, -0.25) is 9.59 Å². The number of likely N-dealkylation sites (N-methyl/N-ethyl adjacent to an activating group) is 3. The highest BCUT2D eigenvalue weighted by Crippen LogP contribution is 2.28. The molecule has 0 bridgehead atoms. The van der Waals surface area contributed by atoms with E-state index in [0.717, 1.165) is 0 Å². The molecule has 0 rings (SSSR count). The summed E-state index contributed by atoms with van der Waals surface area (Å²) in [5.74, 6) is -3.13. The highest BCUT2D eigenvalue weighted by Gasteiger charge is 2.48. The Labute approximate surface area is 227 Å². The molecule has 0 aromatic carbocycles. The van der Waals surface area contributed by atoms with Crippen molar-refractivity contribution in [3.05, 3.63) is 0 Å². The number of Topliss-reactive ketones (excluding diaryl/α,β-unsaturated/α-hetero) is 1. The number of nitrogens with one attached hydrogen (secondary N) is 2. The number of carbonyl (C=O) groups excluding carboxylic acids is 3. The number of carboxylic acid groups (broad SMARTS) is 1. The molecule has 0 heterocycles.